The highest BCUT2D eigenvalue weighted by atomic mass is 32.2. The Kier molecular flexibility index (Phi) is 4.78. The molecule has 1 N–H and O–H groups in total. The number of imidazole rings is 1. The third-order valence-electron chi connectivity index (χ3n) is 4.18. The summed E-state index contributed by atoms with van der Waals surface area (Å²) in [5, 5.41) is 22.6. The van der Waals surface area contributed by atoms with Crippen molar-refractivity contribution in [3.8, 4) is 0 Å². The number of H-pyrrole nitrogens is 1. The molecule has 26 heavy (non-hydrogen) atoms. The summed E-state index contributed by atoms with van der Waals surface area (Å²) in [6.07, 6.45) is -0.413. The van der Waals surface area contributed by atoms with Crippen molar-refractivity contribution >= 4 is 34.2 Å². The molecular formula is C14H13F3N4O4S. The van der Waals surface area contributed by atoms with Gasteiger partial charge in [-0.3, -0.25) is 20.2 Å². The quantitative estimate of drug-likeness (QED) is 0.591. The Morgan fingerprint density at radius 2 is 1.73 bits per heavy atom. The molecule has 1 heterocycles. The van der Waals surface area contributed by atoms with Crippen LogP contribution in [-0.4, -0.2) is 25.1 Å². The van der Waals surface area contributed by atoms with Crippen LogP contribution in [-0.2, 0) is 6.18 Å². The van der Waals surface area contributed by atoms with Gasteiger partial charge < -0.3 is 4.98 Å². The Bertz CT molecular complexity index is 877. The topological polar surface area (TPSA) is 115 Å². The van der Waals surface area contributed by atoms with Crippen molar-refractivity contribution in [1.29, 1.82) is 0 Å². The number of fused-ring (bicyclic) bond motifs is 1. The van der Waals surface area contributed by atoms with E-state index in [-0.39, 0.29) is 15.7 Å². The summed E-state index contributed by atoms with van der Waals surface area (Å²) in [7, 11) is 0. The third kappa shape index (κ3) is 3.45. The predicted molar refractivity (Wildman–Crippen MR) is 87.1 cm³/mol. The molecule has 0 radical (unpaired) electrons. The second-order valence-corrected chi connectivity index (χ2v) is 7.25. The minimum absolute atomic E-state index is 0.00172. The summed E-state index contributed by atoms with van der Waals surface area (Å²) in [5.74, 6) is -1.42. The van der Waals surface area contributed by atoms with E-state index < -0.39 is 38.7 Å². The Hall–Kier alpha value is -2.37. The predicted octanol–water partition coefficient (Wildman–Crippen LogP) is 4.82. The van der Waals surface area contributed by atoms with Crippen LogP contribution < -0.4 is 0 Å². The van der Waals surface area contributed by atoms with E-state index in [1.807, 2.05) is 4.98 Å². The van der Waals surface area contributed by atoms with Crippen LogP contribution in [0.5, 0.6) is 0 Å². The summed E-state index contributed by atoms with van der Waals surface area (Å²) in [6.45, 7) is 0. The number of nitro benzene ring substituents is 2. The van der Waals surface area contributed by atoms with Crippen LogP contribution in [0.3, 0.4) is 0 Å². The number of hydrogen-bond acceptors (Lipinski definition) is 6. The molecule has 140 valence electrons. The normalized spacial score (nSPS) is 16.1. The zero-order valence-corrected chi connectivity index (χ0v) is 14.0. The first kappa shape index (κ1) is 18.4. The molecule has 2 aromatic rings. The molecule has 1 fully saturated rings. The fourth-order valence-corrected chi connectivity index (χ4v) is 4.41. The Labute approximate surface area is 148 Å². The molecule has 0 spiro atoms. The zero-order valence-electron chi connectivity index (χ0n) is 13.2. The van der Waals surface area contributed by atoms with Gasteiger partial charge >= 0.3 is 11.9 Å². The number of aromatic amines is 1. The van der Waals surface area contributed by atoms with E-state index in [1.165, 1.54) is 0 Å². The maximum Gasteiger partial charge on any atom is 0.449 e. The number of rotatable bonds is 4. The molecule has 1 aliphatic carbocycles. The van der Waals surface area contributed by atoms with Gasteiger partial charge in [0.05, 0.1) is 15.9 Å². The van der Waals surface area contributed by atoms with E-state index in [2.05, 4.69) is 4.98 Å². The van der Waals surface area contributed by atoms with Crippen LogP contribution in [0.25, 0.3) is 11.0 Å². The molecule has 1 aliphatic rings. The molecule has 0 amide bonds. The Balaban J connectivity index is 2.23. The van der Waals surface area contributed by atoms with Crippen LogP contribution in [0.2, 0.25) is 0 Å². The number of benzene rings is 1. The Morgan fingerprint density at radius 3 is 2.27 bits per heavy atom. The van der Waals surface area contributed by atoms with E-state index >= 15 is 0 Å². The van der Waals surface area contributed by atoms with E-state index in [9.17, 15) is 33.4 Å². The average Bonchev–Trinajstić information content (AvgIpc) is 3.01. The number of nitro groups is 2. The molecule has 12 heteroatoms. The lowest BCUT2D eigenvalue weighted by Crippen LogP contribution is -2.09. The number of non-ortho nitro benzene ring substituents is 1. The van der Waals surface area contributed by atoms with E-state index in [0.29, 0.717) is 6.07 Å². The van der Waals surface area contributed by atoms with E-state index in [4.69, 9.17) is 0 Å². The van der Waals surface area contributed by atoms with Crippen LogP contribution in [0.15, 0.2) is 11.0 Å². The standard InChI is InChI=1S/C14H13F3N4O4S/c15-14(16,17)13-18-10-8(20(22)23)6-9(21(24)25)12(11(10)19-13)26-7-4-2-1-3-5-7/h6-7H,1-5H2,(H,18,19). The minimum Gasteiger partial charge on any atom is -0.329 e. The van der Waals surface area contributed by atoms with Crippen LogP contribution >= 0.6 is 11.8 Å². The highest BCUT2D eigenvalue weighted by Gasteiger charge is 2.38. The highest BCUT2D eigenvalue weighted by Crippen LogP contribution is 2.45. The lowest BCUT2D eigenvalue weighted by molar-refractivity contribution is -0.394. The lowest BCUT2D eigenvalue weighted by atomic mass is 10.0. The second kappa shape index (κ2) is 6.74. The van der Waals surface area contributed by atoms with Crippen LogP contribution in [0.4, 0.5) is 24.5 Å². The second-order valence-electron chi connectivity index (χ2n) is 5.94. The number of thioether (sulfide) groups is 1. The number of halogens is 3. The molecule has 1 aromatic carbocycles. The molecule has 1 aromatic heterocycles. The van der Waals surface area contributed by atoms with Crippen molar-refractivity contribution in [3.63, 3.8) is 0 Å². The summed E-state index contributed by atoms with van der Waals surface area (Å²) < 4.78 is 39.0. The van der Waals surface area contributed by atoms with Gasteiger partial charge in [0.25, 0.3) is 5.69 Å². The number of aromatic nitrogens is 2. The van der Waals surface area contributed by atoms with Crippen molar-refractivity contribution in [2.24, 2.45) is 0 Å². The van der Waals surface area contributed by atoms with Gasteiger partial charge in [-0.05, 0) is 12.8 Å². The summed E-state index contributed by atoms with van der Waals surface area (Å²) in [6, 6.07) is 0.700. The molecule has 0 unspecified atom stereocenters. The summed E-state index contributed by atoms with van der Waals surface area (Å²) >= 11 is 1.08. The first-order valence-electron chi connectivity index (χ1n) is 7.78. The van der Waals surface area contributed by atoms with E-state index in [0.717, 1.165) is 43.9 Å². The molecule has 3 rings (SSSR count). The number of hydrogen-bond donors (Lipinski definition) is 1. The largest absolute Gasteiger partial charge is 0.449 e. The molecule has 0 bridgehead atoms. The number of nitrogens with zero attached hydrogens (tertiary/aromatic N) is 3. The van der Waals surface area contributed by atoms with Crippen LogP contribution in [0.1, 0.15) is 37.9 Å². The fraction of sp³-hybridized carbons (Fsp3) is 0.500. The molecule has 0 saturated heterocycles. The van der Waals surface area contributed by atoms with Gasteiger partial charge in [0.2, 0.25) is 5.82 Å². The van der Waals surface area contributed by atoms with Crippen molar-refractivity contribution in [2.45, 2.75) is 48.4 Å². The summed E-state index contributed by atoms with van der Waals surface area (Å²) in [5.41, 5.74) is -2.23. The molecule has 1 saturated carbocycles. The first-order valence-corrected chi connectivity index (χ1v) is 8.65. The Morgan fingerprint density at radius 1 is 1.12 bits per heavy atom. The van der Waals surface area contributed by atoms with Crippen molar-refractivity contribution < 1.29 is 23.0 Å². The first-order chi connectivity index (χ1) is 12.2. The SMILES string of the molecule is O=[N+]([O-])c1cc([N+](=O)[O-])c2[nH]c(C(F)(F)F)nc2c1SC1CCCCC1. The number of nitrogens with one attached hydrogen (secondary N) is 1. The molecular weight excluding hydrogens is 377 g/mol. The molecule has 0 atom stereocenters. The monoisotopic (exact) mass is 390 g/mol. The number of alkyl halides is 3. The third-order valence-corrected chi connectivity index (χ3v) is 5.62. The maximum atomic E-state index is 13.0. The highest BCUT2D eigenvalue weighted by molar-refractivity contribution is 8.00. The van der Waals surface area contributed by atoms with Crippen LogP contribution in [0, 0.1) is 20.2 Å². The van der Waals surface area contributed by atoms with Gasteiger partial charge in [0.15, 0.2) is 0 Å². The van der Waals surface area contributed by atoms with Gasteiger partial charge in [-0.25, -0.2) is 4.98 Å². The van der Waals surface area contributed by atoms with Gasteiger partial charge in [0, 0.05) is 5.25 Å². The zero-order chi connectivity index (χ0) is 19.1. The maximum absolute atomic E-state index is 13.0. The average molecular weight is 390 g/mol. The van der Waals surface area contributed by atoms with Gasteiger partial charge in [-0.2, -0.15) is 13.2 Å². The van der Waals surface area contributed by atoms with Crippen molar-refractivity contribution in [3.05, 3.63) is 32.1 Å². The molecule has 8 nitrogen and oxygen atoms in total. The summed E-state index contributed by atoms with van der Waals surface area (Å²) in [4.78, 5) is 26.1. The minimum atomic E-state index is -4.85. The van der Waals surface area contributed by atoms with Gasteiger partial charge in [-0.1, -0.05) is 19.3 Å². The van der Waals surface area contributed by atoms with Crippen molar-refractivity contribution in [2.75, 3.05) is 0 Å². The van der Waals surface area contributed by atoms with Gasteiger partial charge in [-0.15, -0.1) is 11.8 Å². The lowest BCUT2D eigenvalue weighted by Gasteiger charge is -2.20. The molecule has 0 aliphatic heterocycles. The smallest absolute Gasteiger partial charge is 0.329 e. The fourth-order valence-electron chi connectivity index (χ4n) is 2.99. The van der Waals surface area contributed by atoms with E-state index in [1.54, 1.807) is 0 Å². The van der Waals surface area contributed by atoms with Gasteiger partial charge in [0.1, 0.15) is 15.9 Å². The van der Waals surface area contributed by atoms with Crippen molar-refractivity contribution in [1.82, 2.24) is 9.97 Å².